The maximum atomic E-state index is 13.4. The Morgan fingerprint density at radius 2 is 2.31 bits per heavy atom. The molecule has 1 aliphatic carbocycles. The zero-order valence-corrected chi connectivity index (χ0v) is 9.12. The summed E-state index contributed by atoms with van der Waals surface area (Å²) in [5.74, 6) is -3.35. The first-order valence-electron chi connectivity index (χ1n) is 5.40. The molecule has 16 heavy (non-hydrogen) atoms. The van der Waals surface area contributed by atoms with Gasteiger partial charge in [-0.3, -0.25) is 9.78 Å². The molecule has 2 rings (SSSR count). The number of aromatic nitrogens is 2. The summed E-state index contributed by atoms with van der Waals surface area (Å²) >= 11 is 0. The molecule has 0 radical (unpaired) electrons. The zero-order chi connectivity index (χ0) is 11.8. The predicted octanol–water partition coefficient (Wildman–Crippen LogP) is 1.99. The summed E-state index contributed by atoms with van der Waals surface area (Å²) in [6.07, 6.45) is 3.66. The van der Waals surface area contributed by atoms with Crippen molar-refractivity contribution in [3.63, 3.8) is 0 Å². The van der Waals surface area contributed by atoms with Crippen molar-refractivity contribution in [2.45, 2.75) is 38.7 Å². The van der Waals surface area contributed by atoms with E-state index in [1.807, 2.05) is 0 Å². The predicted molar refractivity (Wildman–Crippen MR) is 55.5 cm³/mol. The number of hydrogen-bond acceptors (Lipinski definition) is 2. The molecule has 1 aromatic heterocycles. The summed E-state index contributed by atoms with van der Waals surface area (Å²) in [5, 5.41) is 0. The van der Waals surface area contributed by atoms with Gasteiger partial charge in [0.2, 0.25) is 0 Å². The number of aryl methyl sites for hydroxylation is 1. The molecule has 3 nitrogen and oxygen atoms in total. The summed E-state index contributed by atoms with van der Waals surface area (Å²) in [4.78, 5) is 15.2. The standard InChI is InChI=1S/C11H14F2N2O/c1-8-5-14-6-10(16)15(8)7-9-3-2-4-11(9,12)13/h5-6,9H,2-4,7H2,1H3. The Labute approximate surface area is 92.1 Å². The molecule has 1 unspecified atom stereocenters. The third-order valence-corrected chi connectivity index (χ3v) is 3.20. The van der Waals surface area contributed by atoms with E-state index >= 15 is 0 Å². The molecular formula is C11H14F2N2O. The number of nitrogens with zero attached hydrogens (tertiary/aromatic N) is 2. The van der Waals surface area contributed by atoms with Crippen LogP contribution < -0.4 is 5.56 Å². The second kappa shape index (κ2) is 3.96. The molecule has 0 aliphatic heterocycles. The van der Waals surface area contributed by atoms with Crippen molar-refractivity contribution in [2.24, 2.45) is 5.92 Å². The molecule has 0 saturated heterocycles. The Balaban J connectivity index is 2.25. The summed E-state index contributed by atoms with van der Waals surface area (Å²) in [6, 6.07) is 0. The van der Waals surface area contributed by atoms with Gasteiger partial charge in [-0.05, 0) is 19.8 Å². The molecule has 1 saturated carbocycles. The van der Waals surface area contributed by atoms with E-state index in [1.165, 1.54) is 17.0 Å². The van der Waals surface area contributed by atoms with Gasteiger partial charge in [-0.1, -0.05) is 0 Å². The van der Waals surface area contributed by atoms with Crippen molar-refractivity contribution in [1.29, 1.82) is 0 Å². The minimum atomic E-state index is -2.63. The number of hydrogen-bond donors (Lipinski definition) is 0. The van der Waals surface area contributed by atoms with Crippen molar-refractivity contribution >= 4 is 0 Å². The van der Waals surface area contributed by atoms with Gasteiger partial charge in [0.25, 0.3) is 11.5 Å². The van der Waals surface area contributed by atoms with Crippen LogP contribution in [-0.2, 0) is 6.54 Å². The largest absolute Gasteiger partial charge is 0.310 e. The molecule has 88 valence electrons. The van der Waals surface area contributed by atoms with Gasteiger partial charge in [-0.25, -0.2) is 8.78 Å². The Hall–Kier alpha value is -1.26. The second-order valence-electron chi connectivity index (χ2n) is 4.35. The van der Waals surface area contributed by atoms with Crippen LogP contribution in [0.5, 0.6) is 0 Å². The van der Waals surface area contributed by atoms with Crippen LogP contribution in [0.25, 0.3) is 0 Å². The normalized spacial score (nSPS) is 23.6. The molecule has 0 N–H and O–H groups in total. The fraction of sp³-hybridized carbons (Fsp3) is 0.636. The third-order valence-electron chi connectivity index (χ3n) is 3.20. The average Bonchev–Trinajstić information content (AvgIpc) is 2.52. The summed E-state index contributed by atoms with van der Waals surface area (Å²) < 4.78 is 28.2. The van der Waals surface area contributed by atoms with Gasteiger partial charge < -0.3 is 4.57 Å². The SMILES string of the molecule is Cc1cncc(=O)n1CC1CCCC1(F)F. The van der Waals surface area contributed by atoms with E-state index in [9.17, 15) is 13.6 Å². The van der Waals surface area contributed by atoms with E-state index in [1.54, 1.807) is 6.92 Å². The minimum absolute atomic E-state index is 0.0590. The summed E-state index contributed by atoms with van der Waals surface area (Å²) in [7, 11) is 0. The molecule has 0 amide bonds. The first-order chi connectivity index (χ1) is 7.50. The van der Waals surface area contributed by atoms with E-state index in [2.05, 4.69) is 4.98 Å². The molecule has 1 aromatic rings. The highest BCUT2D eigenvalue weighted by Gasteiger charge is 2.43. The number of halogens is 2. The lowest BCUT2D eigenvalue weighted by atomic mass is 10.1. The van der Waals surface area contributed by atoms with Gasteiger partial charge in [-0.2, -0.15) is 0 Å². The van der Waals surface area contributed by atoms with Crippen LogP contribution in [-0.4, -0.2) is 15.5 Å². The first-order valence-corrected chi connectivity index (χ1v) is 5.40. The van der Waals surface area contributed by atoms with Crippen molar-refractivity contribution in [3.05, 3.63) is 28.4 Å². The van der Waals surface area contributed by atoms with Crippen LogP contribution >= 0.6 is 0 Å². The van der Waals surface area contributed by atoms with E-state index in [-0.39, 0.29) is 18.5 Å². The van der Waals surface area contributed by atoms with Crippen molar-refractivity contribution in [3.8, 4) is 0 Å². The summed E-state index contributed by atoms with van der Waals surface area (Å²) in [5.41, 5.74) is 0.331. The quantitative estimate of drug-likeness (QED) is 0.775. The van der Waals surface area contributed by atoms with Crippen LogP contribution in [0.15, 0.2) is 17.2 Å². The Morgan fingerprint density at radius 3 is 2.88 bits per heavy atom. The van der Waals surface area contributed by atoms with Crippen molar-refractivity contribution < 1.29 is 8.78 Å². The second-order valence-corrected chi connectivity index (χ2v) is 4.35. The molecule has 0 aromatic carbocycles. The average molecular weight is 228 g/mol. The van der Waals surface area contributed by atoms with Gasteiger partial charge in [0.05, 0.1) is 6.20 Å². The summed E-state index contributed by atoms with van der Waals surface area (Å²) in [6.45, 7) is 1.81. The maximum Gasteiger partial charge on any atom is 0.269 e. The lowest BCUT2D eigenvalue weighted by Gasteiger charge is -2.20. The van der Waals surface area contributed by atoms with Gasteiger partial charge in [0.15, 0.2) is 0 Å². The van der Waals surface area contributed by atoms with Gasteiger partial charge in [0.1, 0.15) is 0 Å². The van der Waals surface area contributed by atoms with Crippen LogP contribution in [0.2, 0.25) is 0 Å². The smallest absolute Gasteiger partial charge is 0.269 e. The minimum Gasteiger partial charge on any atom is -0.310 e. The van der Waals surface area contributed by atoms with Gasteiger partial charge >= 0.3 is 0 Å². The first kappa shape index (κ1) is 11.2. The molecule has 5 heteroatoms. The van der Waals surface area contributed by atoms with Crippen molar-refractivity contribution in [2.75, 3.05) is 0 Å². The fourth-order valence-electron chi connectivity index (χ4n) is 2.20. The fourth-order valence-corrected chi connectivity index (χ4v) is 2.20. The number of rotatable bonds is 2. The van der Waals surface area contributed by atoms with Crippen LogP contribution in [0.1, 0.15) is 25.0 Å². The lowest BCUT2D eigenvalue weighted by molar-refractivity contribution is -0.0426. The van der Waals surface area contributed by atoms with Crippen LogP contribution in [0.4, 0.5) is 8.78 Å². The van der Waals surface area contributed by atoms with Gasteiger partial charge in [-0.15, -0.1) is 0 Å². The highest BCUT2D eigenvalue weighted by Crippen LogP contribution is 2.40. The third kappa shape index (κ3) is 1.99. The van der Waals surface area contributed by atoms with E-state index in [0.29, 0.717) is 18.5 Å². The molecule has 1 atom stereocenters. The Kier molecular flexibility index (Phi) is 2.78. The van der Waals surface area contributed by atoms with Gasteiger partial charge in [0, 0.05) is 30.8 Å². The monoisotopic (exact) mass is 228 g/mol. The van der Waals surface area contributed by atoms with Crippen molar-refractivity contribution in [1.82, 2.24) is 9.55 Å². The van der Waals surface area contributed by atoms with Crippen LogP contribution in [0, 0.1) is 12.8 Å². The molecule has 1 aliphatic rings. The highest BCUT2D eigenvalue weighted by atomic mass is 19.3. The van der Waals surface area contributed by atoms with E-state index < -0.39 is 11.8 Å². The Morgan fingerprint density at radius 1 is 1.56 bits per heavy atom. The lowest BCUT2D eigenvalue weighted by Crippen LogP contribution is -2.32. The molecule has 1 heterocycles. The molecule has 0 bridgehead atoms. The zero-order valence-electron chi connectivity index (χ0n) is 9.12. The van der Waals surface area contributed by atoms with Crippen LogP contribution in [0.3, 0.4) is 0 Å². The molecular weight excluding hydrogens is 214 g/mol. The maximum absolute atomic E-state index is 13.4. The topological polar surface area (TPSA) is 34.9 Å². The molecule has 1 fully saturated rings. The molecule has 0 spiro atoms. The van der Waals surface area contributed by atoms with E-state index in [4.69, 9.17) is 0 Å². The van der Waals surface area contributed by atoms with E-state index in [0.717, 1.165) is 0 Å². The highest BCUT2D eigenvalue weighted by molar-refractivity contribution is 4.97. The number of alkyl halides is 2. The Bertz CT molecular complexity index is 442.